The highest BCUT2D eigenvalue weighted by Crippen LogP contribution is 2.45. The third kappa shape index (κ3) is 2.14. The van der Waals surface area contributed by atoms with Crippen LogP contribution in [0.1, 0.15) is 43.7 Å². The van der Waals surface area contributed by atoms with E-state index in [2.05, 4.69) is 22.6 Å². The number of aromatic nitrogens is 1. The van der Waals surface area contributed by atoms with Crippen LogP contribution in [0.2, 0.25) is 0 Å². The highest BCUT2D eigenvalue weighted by molar-refractivity contribution is 7.09. The molecule has 3 unspecified atom stereocenters. The fourth-order valence-electron chi connectivity index (χ4n) is 3.35. The summed E-state index contributed by atoms with van der Waals surface area (Å²) in [5.74, 6) is 0.770. The van der Waals surface area contributed by atoms with Gasteiger partial charge in [0.05, 0.1) is 18.2 Å². The molecule has 0 radical (unpaired) electrons. The van der Waals surface area contributed by atoms with Crippen molar-refractivity contribution in [2.75, 3.05) is 13.2 Å². The van der Waals surface area contributed by atoms with Gasteiger partial charge in [-0.05, 0) is 18.8 Å². The Kier molecular flexibility index (Phi) is 3.19. The van der Waals surface area contributed by atoms with Crippen molar-refractivity contribution in [3.8, 4) is 0 Å². The summed E-state index contributed by atoms with van der Waals surface area (Å²) >= 11 is 1.74. The number of nitrogens with one attached hydrogen (secondary N) is 1. The van der Waals surface area contributed by atoms with Crippen molar-refractivity contribution < 1.29 is 4.74 Å². The van der Waals surface area contributed by atoms with E-state index < -0.39 is 0 Å². The van der Waals surface area contributed by atoms with Crippen molar-refractivity contribution in [1.82, 2.24) is 10.3 Å². The van der Waals surface area contributed by atoms with Crippen LogP contribution < -0.4 is 5.32 Å². The number of hydrogen-bond acceptors (Lipinski definition) is 4. The lowest BCUT2D eigenvalue weighted by Gasteiger charge is -2.47. The Morgan fingerprint density at radius 1 is 1.59 bits per heavy atom. The van der Waals surface area contributed by atoms with Gasteiger partial charge in [-0.15, -0.1) is 11.3 Å². The van der Waals surface area contributed by atoms with E-state index in [0.717, 1.165) is 19.1 Å². The van der Waals surface area contributed by atoms with Crippen LogP contribution in [-0.2, 0) is 4.74 Å². The van der Waals surface area contributed by atoms with Gasteiger partial charge < -0.3 is 10.1 Å². The molecule has 3 rings (SSSR count). The van der Waals surface area contributed by atoms with Gasteiger partial charge in [0, 0.05) is 18.1 Å². The number of morpholine rings is 1. The normalized spacial score (nSPS) is 38.4. The Balaban J connectivity index is 1.88. The highest BCUT2D eigenvalue weighted by Gasteiger charge is 2.46. The maximum atomic E-state index is 6.22. The van der Waals surface area contributed by atoms with E-state index in [1.54, 1.807) is 11.3 Å². The van der Waals surface area contributed by atoms with Gasteiger partial charge in [0.2, 0.25) is 0 Å². The molecule has 2 heterocycles. The third-order valence-electron chi connectivity index (χ3n) is 4.06. The van der Waals surface area contributed by atoms with Crippen molar-refractivity contribution >= 4 is 11.3 Å². The lowest BCUT2D eigenvalue weighted by molar-refractivity contribution is -0.128. The predicted octanol–water partition coefficient (Wildman–Crippen LogP) is 2.75. The lowest BCUT2D eigenvalue weighted by Crippen LogP contribution is -2.54. The summed E-state index contributed by atoms with van der Waals surface area (Å²) in [5.41, 5.74) is 0.00771. The third-order valence-corrected chi connectivity index (χ3v) is 4.90. The van der Waals surface area contributed by atoms with Crippen LogP contribution in [-0.4, -0.2) is 23.7 Å². The summed E-state index contributed by atoms with van der Waals surface area (Å²) in [6, 6.07) is 0.305. The zero-order valence-corrected chi connectivity index (χ0v) is 11.1. The highest BCUT2D eigenvalue weighted by atomic mass is 32.1. The summed E-state index contributed by atoms with van der Waals surface area (Å²) in [6.07, 6.45) is 6.87. The quantitative estimate of drug-likeness (QED) is 0.834. The second-order valence-electron chi connectivity index (χ2n) is 5.37. The van der Waals surface area contributed by atoms with Crippen LogP contribution in [0.3, 0.4) is 0 Å². The molecule has 1 aliphatic carbocycles. The summed E-state index contributed by atoms with van der Waals surface area (Å²) in [7, 11) is 0. The SMILES string of the molecule is CC1CCCC2(C1)OCCNC2c1nccs1. The average Bonchev–Trinajstić information content (AvgIpc) is 2.83. The first-order chi connectivity index (χ1) is 8.30. The zero-order chi connectivity index (χ0) is 11.7. The molecule has 1 aromatic heterocycles. The first-order valence-electron chi connectivity index (χ1n) is 6.57. The van der Waals surface area contributed by atoms with E-state index in [0.29, 0.717) is 6.04 Å². The zero-order valence-electron chi connectivity index (χ0n) is 10.3. The molecule has 1 N–H and O–H groups in total. The van der Waals surface area contributed by atoms with E-state index in [1.165, 1.54) is 30.7 Å². The summed E-state index contributed by atoms with van der Waals surface area (Å²) in [5, 5.41) is 6.88. The van der Waals surface area contributed by atoms with Gasteiger partial charge in [0.1, 0.15) is 5.01 Å². The number of hydrogen-bond donors (Lipinski definition) is 1. The summed E-state index contributed by atoms with van der Waals surface area (Å²) < 4.78 is 6.22. The summed E-state index contributed by atoms with van der Waals surface area (Å²) in [6.45, 7) is 4.13. The molecule has 94 valence electrons. The molecule has 0 amide bonds. The molecular formula is C13H20N2OS. The van der Waals surface area contributed by atoms with Gasteiger partial charge >= 0.3 is 0 Å². The minimum absolute atomic E-state index is 0.00771. The molecule has 1 aromatic rings. The smallest absolute Gasteiger partial charge is 0.112 e. The van der Waals surface area contributed by atoms with Crippen molar-refractivity contribution in [1.29, 1.82) is 0 Å². The first kappa shape index (κ1) is 11.6. The molecule has 1 spiro atoms. The second kappa shape index (κ2) is 4.67. The van der Waals surface area contributed by atoms with E-state index >= 15 is 0 Å². The van der Waals surface area contributed by atoms with Crippen LogP contribution in [0.25, 0.3) is 0 Å². The molecule has 1 aliphatic heterocycles. The molecule has 3 nitrogen and oxygen atoms in total. The van der Waals surface area contributed by atoms with Crippen molar-refractivity contribution in [2.45, 2.75) is 44.2 Å². The Labute approximate surface area is 107 Å². The Bertz CT molecular complexity index is 364. The average molecular weight is 252 g/mol. The number of nitrogens with zero attached hydrogens (tertiary/aromatic N) is 1. The first-order valence-corrected chi connectivity index (χ1v) is 7.45. The van der Waals surface area contributed by atoms with Gasteiger partial charge in [-0.2, -0.15) is 0 Å². The predicted molar refractivity (Wildman–Crippen MR) is 69.2 cm³/mol. The number of thiazole rings is 1. The fraction of sp³-hybridized carbons (Fsp3) is 0.769. The van der Waals surface area contributed by atoms with Gasteiger partial charge in [-0.1, -0.05) is 19.8 Å². The maximum Gasteiger partial charge on any atom is 0.112 e. The van der Waals surface area contributed by atoms with Crippen LogP contribution in [0, 0.1) is 5.92 Å². The van der Waals surface area contributed by atoms with E-state index in [-0.39, 0.29) is 5.60 Å². The Morgan fingerprint density at radius 3 is 3.29 bits per heavy atom. The van der Waals surface area contributed by atoms with Crippen molar-refractivity contribution in [3.63, 3.8) is 0 Å². The summed E-state index contributed by atoms with van der Waals surface area (Å²) in [4.78, 5) is 4.49. The van der Waals surface area contributed by atoms with Crippen molar-refractivity contribution in [3.05, 3.63) is 16.6 Å². The molecular weight excluding hydrogens is 232 g/mol. The van der Waals surface area contributed by atoms with E-state index in [1.807, 2.05) is 6.20 Å². The number of ether oxygens (including phenoxy) is 1. The van der Waals surface area contributed by atoms with E-state index in [4.69, 9.17) is 4.74 Å². The lowest BCUT2D eigenvalue weighted by atomic mass is 9.74. The second-order valence-corrected chi connectivity index (χ2v) is 6.30. The molecule has 1 saturated carbocycles. The monoisotopic (exact) mass is 252 g/mol. The number of rotatable bonds is 1. The van der Waals surface area contributed by atoms with Crippen LogP contribution in [0.15, 0.2) is 11.6 Å². The largest absolute Gasteiger partial charge is 0.372 e. The molecule has 0 bridgehead atoms. The van der Waals surface area contributed by atoms with Crippen molar-refractivity contribution in [2.24, 2.45) is 5.92 Å². The van der Waals surface area contributed by atoms with Crippen LogP contribution >= 0.6 is 11.3 Å². The molecule has 1 saturated heterocycles. The fourth-order valence-corrected chi connectivity index (χ4v) is 4.17. The molecule has 2 fully saturated rings. The molecule has 2 aliphatic rings. The molecule has 3 atom stereocenters. The maximum absolute atomic E-state index is 6.22. The molecule has 0 aromatic carbocycles. The minimum atomic E-state index is 0.00771. The standard InChI is InChI=1S/C13H20N2OS/c1-10-3-2-4-13(9-10)11(14-5-7-16-13)12-15-6-8-17-12/h6,8,10-11,14H,2-5,7,9H2,1H3. The van der Waals surface area contributed by atoms with Gasteiger partial charge in [-0.3, -0.25) is 0 Å². The topological polar surface area (TPSA) is 34.1 Å². The van der Waals surface area contributed by atoms with Gasteiger partial charge in [0.25, 0.3) is 0 Å². The van der Waals surface area contributed by atoms with Crippen LogP contribution in [0.4, 0.5) is 0 Å². The van der Waals surface area contributed by atoms with E-state index in [9.17, 15) is 0 Å². The van der Waals surface area contributed by atoms with Gasteiger partial charge in [0.15, 0.2) is 0 Å². The molecule has 4 heteroatoms. The molecule has 17 heavy (non-hydrogen) atoms. The Morgan fingerprint density at radius 2 is 2.53 bits per heavy atom. The Hall–Kier alpha value is -0.450. The van der Waals surface area contributed by atoms with Crippen LogP contribution in [0.5, 0.6) is 0 Å². The van der Waals surface area contributed by atoms with Gasteiger partial charge in [-0.25, -0.2) is 4.98 Å². The minimum Gasteiger partial charge on any atom is -0.372 e.